The SMILES string of the molecule is N#Cc1nccnc1N1CCN(c2cccc(-n3cccn3)n2)CC1. The van der Waals surface area contributed by atoms with Crippen molar-refractivity contribution in [2.24, 2.45) is 0 Å². The molecule has 0 spiro atoms. The number of nitrogens with zero attached hydrogens (tertiary/aromatic N) is 8. The Bertz CT molecular complexity index is 891. The Hall–Kier alpha value is -3.47. The zero-order chi connectivity index (χ0) is 17.1. The quantitative estimate of drug-likeness (QED) is 0.713. The van der Waals surface area contributed by atoms with Gasteiger partial charge in [-0.2, -0.15) is 10.4 Å². The smallest absolute Gasteiger partial charge is 0.183 e. The summed E-state index contributed by atoms with van der Waals surface area (Å²) in [6, 6.07) is 9.91. The summed E-state index contributed by atoms with van der Waals surface area (Å²) in [5, 5.41) is 13.4. The van der Waals surface area contributed by atoms with Gasteiger partial charge in [-0.15, -0.1) is 0 Å². The summed E-state index contributed by atoms with van der Waals surface area (Å²) in [6.45, 7) is 3.14. The number of hydrogen-bond donors (Lipinski definition) is 0. The molecule has 4 rings (SSSR count). The normalized spacial score (nSPS) is 14.4. The lowest BCUT2D eigenvalue weighted by molar-refractivity contribution is 0.638. The Morgan fingerprint density at radius 3 is 2.40 bits per heavy atom. The lowest BCUT2D eigenvalue weighted by Crippen LogP contribution is -2.47. The Balaban J connectivity index is 1.49. The van der Waals surface area contributed by atoms with Crippen molar-refractivity contribution < 1.29 is 0 Å². The summed E-state index contributed by atoms with van der Waals surface area (Å²) < 4.78 is 1.75. The van der Waals surface area contributed by atoms with Gasteiger partial charge >= 0.3 is 0 Å². The zero-order valence-corrected chi connectivity index (χ0v) is 13.5. The van der Waals surface area contributed by atoms with Gasteiger partial charge in [0, 0.05) is 51.0 Å². The largest absolute Gasteiger partial charge is 0.353 e. The van der Waals surface area contributed by atoms with Crippen LogP contribution in [0.4, 0.5) is 11.6 Å². The van der Waals surface area contributed by atoms with Crippen molar-refractivity contribution in [3.8, 4) is 11.9 Å². The third kappa shape index (κ3) is 2.99. The van der Waals surface area contributed by atoms with E-state index in [9.17, 15) is 5.26 Å². The van der Waals surface area contributed by atoms with E-state index >= 15 is 0 Å². The van der Waals surface area contributed by atoms with Crippen molar-refractivity contribution in [3.05, 3.63) is 54.7 Å². The zero-order valence-electron chi connectivity index (χ0n) is 13.5. The van der Waals surface area contributed by atoms with Crippen LogP contribution >= 0.6 is 0 Å². The van der Waals surface area contributed by atoms with Gasteiger partial charge in [-0.1, -0.05) is 6.07 Å². The van der Waals surface area contributed by atoms with E-state index in [2.05, 4.69) is 30.9 Å². The molecule has 0 aromatic carbocycles. The first kappa shape index (κ1) is 15.1. The van der Waals surface area contributed by atoms with Crippen molar-refractivity contribution in [1.82, 2.24) is 24.7 Å². The van der Waals surface area contributed by atoms with Gasteiger partial charge in [-0.25, -0.2) is 19.6 Å². The van der Waals surface area contributed by atoms with Crippen LogP contribution in [0.2, 0.25) is 0 Å². The molecule has 3 aromatic heterocycles. The molecule has 0 aliphatic carbocycles. The maximum atomic E-state index is 9.19. The minimum absolute atomic E-state index is 0.370. The Kier molecular flexibility index (Phi) is 3.96. The second-order valence-corrected chi connectivity index (χ2v) is 5.62. The van der Waals surface area contributed by atoms with Crippen molar-refractivity contribution in [2.75, 3.05) is 36.0 Å². The Labute approximate surface area is 145 Å². The first-order valence-corrected chi connectivity index (χ1v) is 8.03. The number of aromatic nitrogens is 5. The van der Waals surface area contributed by atoms with Crippen LogP contribution in [0.1, 0.15) is 5.69 Å². The highest BCUT2D eigenvalue weighted by atomic mass is 15.3. The maximum Gasteiger partial charge on any atom is 0.183 e. The second kappa shape index (κ2) is 6.57. The Morgan fingerprint density at radius 2 is 1.64 bits per heavy atom. The fraction of sp³-hybridized carbons (Fsp3) is 0.235. The summed E-state index contributed by atoms with van der Waals surface area (Å²) in [4.78, 5) is 17.4. The maximum absolute atomic E-state index is 9.19. The number of nitriles is 1. The van der Waals surface area contributed by atoms with Crippen LogP contribution in [-0.4, -0.2) is 50.9 Å². The highest BCUT2D eigenvalue weighted by Crippen LogP contribution is 2.20. The van der Waals surface area contributed by atoms with Gasteiger partial charge in [0.15, 0.2) is 17.3 Å². The van der Waals surface area contributed by atoms with Gasteiger partial charge in [0.1, 0.15) is 11.9 Å². The lowest BCUT2D eigenvalue weighted by atomic mass is 10.2. The van der Waals surface area contributed by atoms with E-state index in [4.69, 9.17) is 4.98 Å². The van der Waals surface area contributed by atoms with Gasteiger partial charge in [-0.3, -0.25) is 0 Å². The van der Waals surface area contributed by atoms with Gasteiger partial charge in [-0.05, 0) is 18.2 Å². The molecule has 124 valence electrons. The van der Waals surface area contributed by atoms with Crippen LogP contribution in [0.15, 0.2) is 49.1 Å². The molecule has 0 N–H and O–H groups in total. The molecule has 0 amide bonds. The molecule has 4 heterocycles. The molecule has 0 atom stereocenters. The van der Waals surface area contributed by atoms with Crippen molar-refractivity contribution in [2.45, 2.75) is 0 Å². The molecular formula is C17H16N8. The summed E-state index contributed by atoms with van der Waals surface area (Å²) in [5.74, 6) is 2.38. The van der Waals surface area contributed by atoms with Crippen LogP contribution in [0.5, 0.6) is 0 Å². The van der Waals surface area contributed by atoms with Crippen molar-refractivity contribution in [3.63, 3.8) is 0 Å². The first-order valence-electron chi connectivity index (χ1n) is 8.03. The fourth-order valence-corrected chi connectivity index (χ4v) is 2.91. The second-order valence-electron chi connectivity index (χ2n) is 5.62. The molecular weight excluding hydrogens is 316 g/mol. The molecule has 0 radical (unpaired) electrons. The number of piperazine rings is 1. The van der Waals surface area contributed by atoms with E-state index in [-0.39, 0.29) is 0 Å². The van der Waals surface area contributed by atoms with Gasteiger partial charge in [0.2, 0.25) is 0 Å². The molecule has 8 nitrogen and oxygen atoms in total. The van der Waals surface area contributed by atoms with Crippen LogP contribution < -0.4 is 9.80 Å². The predicted octanol–water partition coefficient (Wildman–Crippen LogP) is 1.26. The van der Waals surface area contributed by atoms with Gasteiger partial charge in [0.25, 0.3) is 0 Å². The molecule has 0 unspecified atom stereocenters. The van der Waals surface area contributed by atoms with E-state index in [1.54, 1.807) is 23.3 Å². The number of anilines is 2. The summed E-state index contributed by atoms with van der Waals surface area (Å²) in [7, 11) is 0. The predicted molar refractivity (Wildman–Crippen MR) is 92.5 cm³/mol. The Morgan fingerprint density at radius 1 is 0.880 bits per heavy atom. The molecule has 3 aromatic rings. The molecule has 25 heavy (non-hydrogen) atoms. The topological polar surface area (TPSA) is 86.8 Å². The molecule has 1 fully saturated rings. The van der Waals surface area contributed by atoms with E-state index < -0.39 is 0 Å². The summed E-state index contributed by atoms with van der Waals surface area (Å²) >= 11 is 0. The van der Waals surface area contributed by atoms with Gasteiger partial charge in [0.05, 0.1) is 0 Å². The van der Waals surface area contributed by atoms with E-state index in [0.29, 0.717) is 11.5 Å². The van der Waals surface area contributed by atoms with E-state index in [1.807, 2.05) is 30.5 Å². The standard InChI is InChI=1S/C17H16N8/c18-13-14-17(20-7-6-19-14)24-11-9-23(10-12-24)15-3-1-4-16(22-15)25-8-2-5-21-25/h1-8H,9-12H2. The highest BCUT2D eigenvalue weighted by Gasteiger charge is 2.21. The lowest BCUT2D eigenvalue weighted by Gasteiger charge is -2.36. The van der Waals surface area contributed by atoms with E-state index in [0.717, 1.165) is 37.8 Å². The van der Waals surface area contributed by atoms with Crippen LogP contribution in [-0.2, 0) is 0 Å². The average molecular weight is 332 g/mol. The number of rotatable bonds is 3. The molecule has 0 bridgehead atoms. The first-order chi connectivity index (χ1) is 12.3. The van der Waals surface area contributed by atoms with Crippen LogP contribution in [0.3, 0.4) is 0 Å². The number of hydrogen-bond acceptors (Lipinski definition) is 7. The van der Waals surface area contributed by atoms with Crippen LogP contribution in [0, 0.1) is 11.3 Å². The van der Waals surface area contributed by atoms with Crippen molar-refractivity contribution in [1.29, 1.82) is 5.26 Å². The minimum atomic E-state index is 0.370. The summed E-state index contributed by atoms with van der Waals surface area (Å²) in [5.41, 5.74) is 0.370. The van der Waals surface area contributed by atoms with Crippen molar-refractivity contribution >= 4 is 11.6 Å². The van der Waals surface area contributed by atoms with E-state index in [1.165, 1.54) is 0 Å². The monoisotopic (exact) mass is 332 g/mol. The molecule has 1 aliphatic heterocycles. The molecule has 1 aliphatic rings. The third-order valence-corrected chi connectivity index (χ3v) is 4.15. The number of pyridine rings is 1. The molecule has 0 saturated carbocycles. The molecule has 1 saturated heterocycles. The average Bonchev–Trinajstić information content (AvgIpc) is 3.23. The third-order valence-electron chi connectivity index (χ3n) is 4.15. The summed E-state index contributed by atoms with van der Waals surface area (Å²) in [6.07, 6.45) is 6.78. The van der Waals surface area contributed by atoms with Gasteiger partial charge < -0.3 is 9.80 Å². The minimum Gasteiger partial charge on any atom is -0.353 e. The fourth-order valence-electron chi connectivity index (χ4n) is 2.91. The van der Waals surface area contributed by atoms with Crippen LogP contribution in [0.25, 0.3) is 5.82 Å². The molecule has 8 heteroatoms. The highest BCUT2D eigenvalue weighted by molar-refractivity contribution is 5.52.